The third-order valence-electron chi connectivity index (χ3n) is 6.46. The van der Waals surface area contributed by atoms with Crippen molar-refractivity contribution in [3.8, 4) is 18.4 Å². The number of amides is 1. The van der Waals surface area contributed by atoms with Gasteiger partial charge in [-0.1, -0.05) is 5.92 Å². The molecule has 1 aliphatic rings. The Balaban J connectivity index is 1.44. The second kappa shape index (κ2) is 8.95. The van der Waals surface area contributed by atoms with Gasteiger partial charge in [-0.05, 0) is 37.3 Å². The van der Waals surface area contributed by atoms with E-state index in [2.05, 4.69) is 17.0 Å². The molecule has 1 fully saturated rings. The molecule has 2 unspecified atom stereocenters. The molecule has 1 aliphatic heterocycles. The van der Waals surface area contributed by atoms with Crippen LogP contribution in [0.1, 0.15) is 22.2 Å². The summed E-state index contributed by atoms with van der Waals surface area (Å²) in [6, 6.07) is 13.2. The number of carbonyl (C=O) groups is 1. The Morgan fingerprint density at radius 2 is 2.11 bits per heavy atom. The molecule has 9 nitrogen and oxygen atoms in total. The molecule has 5 rings (SSSR count). The molecular weight excluding hydrogens is 498 g/mol. The Bertz CT molecular complexity index is 1690. The van der Waals surface area contributed by atoms with Crippen LogP contribution in [0.3, 0.4) is 0 Å². The maximum Gasteiger partial charge on any atom is 0.264 e. The van der Waals surface area contributed by atoms with Crippen LogP contribution in [0.5, 0.6) is 0 Å². The quantitative estimate of drug-likeness (QED) is 0.252. The minimum atomic E-state index is -3.92. The Labute approximate surface area is 211 Å². The number of piperazine rings is 1. The zero-order chi connectivity index (χ0) is 25.6. The van der Waals surface area contributed by atoms with Crippen LogP contribution < -0.4 is 4.73 Å². The summed E-state index contributed by atoms with van der Waals surface area (Å²) < 4.78 is 29.7. The van der Waals surface area contributed by atoms with Crippen molar-refractivity contribution in [2.45, 2.75) is 18.0 Å². The molecular formula is C25H21N5O4S2. The van der Waals surface area contributed by atoms with E-state index < -0.39 is 22.0 Å². The highest BCUT2D eigenvalue weighted by atomic mass is 32.2. The van der Waals surface area contributed by atoms with E-state index >= 15 is 0 Å². The lowest BCUT2D eigenvalue weighted by atomic mass is 9.99. The fourth-order valence-corrected chi connectivity index (χ4v) is 6.94. The number of carbonyl (C=O) groups excluding carboxylic acids is 1. The molecule has 11 heteroatoms. The fourth-order valence-electron chi connectivity index (χ4n) is 4.46. The Morgan fingerprint density at radius 3 is 2.83 bits per heavy atom. The van der Waals surface area contributed by atoms with Gasteiger partial charge in [0.2, 0.25) is 5.52 Å². The van der Waals surface area contributed by atoms with Crippen LogP contribution in [0.4, 0.5) is 0 Å². The third kappa shape index (κ3) is 3.97. The van der Waals surface area contributed by atoms with E-state index in [1.165, 1.54) is 21.8 Å². The van der Waals surface area contributed by atoms with Crippen LogP contribution in [-0.2, 0) is 10.0 Å². The number of hydrogen-bond acceptors (Lipinski definition) is 6. The van der Waals surface area contributed by atoms with E-state index in [-0.39, 0.29) is 30.6 Å². The molecule has 1 saturated heterocycles. The molecule has 0 aliphatic carbocycles. The third-order valence-corrected chi connectivity index (χ3v) is 9.33. The molecule has 0 bridgehead atoms. The highest BCUT2D eigenvalue weighted by Crippen LogP contribution is 2.29. The number of thiophene rings is 1. The van der Waals surface area contributed by atoms with Crippen LogP contribution in [0.25, 0.3) is 21.1 Å². The molecule has 182 valence electrons. The lowest BCUT2D eigenvalue weighted by Gasteiger charge is -2.41. The molecule has 3 aromatic heterocycles. The average molecular weight is 520 g/mol. The summed E-state index contributed by atoms with van der Waals surface area (Å²) in [6.07, 6.45) is 6.82. The largest absolute Gasteiger partial charge is 0.618 e. The number of H-pyrrole nitrogens is 1. The van der Waals surface area contributed by atoms with Crippen molar-refractivity contribution >= 4 is 48.4 Å². The molecule has 1 N–H and O–H groups in total. The van der Waals surface area contributed by atoms with Crippen LogP contribution in [-0.4, -0.2) is 54.2 Å². The number of terminal acetylenes is 1. The highest BCUT2D eigenvalue weighted by molar-refractivity contribution is 7.89. The minimum absolute atomic E-state index is 0.0271. The number of hydrogen-bond donors (Lipinski definition) is 1. The molecule has 1 amide bonds. The first-order chi connectivity index (χ1) is 17.2. The number of aromatic amines is 1. The van der Waals surface area contributed by atoms with Crippen molar-refractivity contribution in [1.82, 2.24) is 14.2 Å². The number of nitrogens with one attached hydrogen (secondary N) is 1. The van der Waals surface area contributed by atoms with Crippen molar-refractivity contribution in [3.05, 3.63) is 64.3 Å². The topological polar surface area (TPSA) is 124 Å². The van der Waals surface area contributed by atoms with E-state index in [1.54, 1.807) is 54.3 Å². The second-order valence-electron chi connectivity index (χ2n) is 8.62. The number of nitriles is 1. The number of pyridine rings is 1. The van der Waals surface area contributed by atoms with Crippen LogP contribution in [0, 0.1) is 34.8 Å². The van der Waals surface area contributed by atoms with Gasteiger partial charge in [0.25, 0.3) is 15.9 Å². The van der Waals surface area contributed by atoms with Gasteiger partial charge < -0.3 is 15.1 Å². The predicted molar refractivity (Wildman–Crippen MR) is 135 cm³/mol. The Hall–Kier alpha value is -3.90. The summed E-state index contributed by atoms with van der Waals surface area (Å²) in [5, 5.41) is 22.4. The standard InChI is InChI=1S/C25H21N5O4S2/c1-3-17-6-7-19-18(11-17)12-24(27-19)36(33,34)28-9-10-29(21(15-28)16(2)14-26)25(31)23-13-20-22(35-23)5-4-8-30(20)32/h1,4-8,11-13,16,21,27H,9-10,15H2,2H3. The monoisotopic (exact) mass is 519 g/mol. The Morgan fingerprint density at radius 1 is 1.31 bits per heavy atom. The molecule has 4 heterocycles. The summed E-state index contributed by atoms with van der Waals surface area (Å²) in [4.78, 5) is 18.3. The lowest BCUT2D eigenvalue weighted by molar-refractivity contribution is -0.576. The number of rotatable bonds is 4. The van der Waals surface area contributed by atoms with Gasteiger partial charge in [0, 0.05) is 48.2 Å². The van der Waals surface area contributed by atoms with Crippen molar-refractivity contribution in [1.29, 1.82) is 5.26 Å². The maximum atomic E-state index is 13.5. The van der Waals surface area contributed by atoms with Gasteiger partial charge in [0.15, 0.2) is 6.20 Å². The molecule has 2 atom stereocenters. The first-order valence-electron chi connectivity index (χ1n) is 11.1. The molecule has 0 saturated carbocycles. The smallest absolute Gasteiger partial charge is 0.264 e. The van der Waals surface area contributed by atoms with E-state index in [1.807, 2.05) is 0 Å². The van der Waals surface area contributed by atoms with E-state index in [4.69, 9.17) is 6.42 Å². The molecule has 1 aromatic carbocycles. The lowest BCUT2D eigenvalue weighted by Crippen LogP contribution is -2.58. The predicted octanol–water partition coefficient (Wildman–Crippen LogP) is 2.67. The van der Waals surface area contributed by atoms with Crippen LogP contribution in [0.15, 0.2) is 53.7 Å². The summed E-state index contributed by atoms with van der Waals surface area (Å²) in [7, 11) is -3.92. The number of sulfonamides is 1. The summed E-state index contributed by atoms with van der Waals surface area (Å²) >= 11 is 1.20. The zero-order valence-electron chi connectivity index (χ0n) is 19.2. The van der Waals surface area contributed by atoms with Gasteiger partial charge in [-0.15, -0.1) is 17.8 Å². The number of aromatic nitrogens is 2. The van der Waals surface area contributed by atoms with Crippen molar-refractivity contribution in [3.63, 3.8) is 0 Å². The summed E-state index contributed by atoms with van der Waals surface area (Å²) in [5.74, 6) is 1.59. The summed E-state index contributed by atoms with van der Waals surface area (Å²) in [6.45, 7) is 1.82. The second-order valence-corrected chi connectivity index (χ2v) is 11.6. The molecule has 36 heavy (non-hydrogen) atoms. The first-order valence-corrected chi connectivity index (χ1v) is 13.4. The normalized spacial score (nSPS) is 17.6. The SMILES string of the molecule is C#Cc1ccc2[nH]c(S(=O)(=O)N3CCN(C(=O)c4cc5c(ccc[n+]5[O-])s4)C(C(C)C#N)C3)cc2c1. The fraction of sp³-hybridized carbons (Fsp3) is 0.240. The van der Waals surface area contributed by atoms with Crippen molar-refractivity contribution < 1.29 is 17.9 Å². The molecule has 4 aromatic rings. The average Bonchev–Trinajstić information content (AvgIpc) is 3.52. The molecule has 0 radical (unpaired) electrons. The van der Waals surface area contributed by atoms with Gasteiger partial charge in [-0.3, -0.25) is 4.79 Å². The van der Waals surface area contributed by atoms with Crippen molar-refractivity contribution in [2.24, 2.45) is 5.92 Å². The maximum absolute atomic E-state index is 13.5. The van der Waals surface area contributed by atoms with Gasteiger partial charge in [-0.2, -0.15) is 14.3 Å². The van der Waals surface area contributed by atoms with Crippen molar-refractivity contribution in [2.75, 3.05) is 19.6 Å². The van der Waals surface area contributed by atoms with Crippen LogP contribution in [0.2, 0.25) is 0 Å². The van der Waals surface area contributed by atoms with Crippen LogP contribution >= 0.6 is 11.3 Å². The zero-order valence-corrected chi connectivity index (χ0v) is 20.8. The van der Waals surface area contributed by atoms with E-state index in [0.717, 1.165) is 0 Å². The summed E-state index contributed by atoms with van der Waals surface area (Å²) in [5.41, 5.74) is 1.68. The van der Waals surface area contributed by atoms with E-state index in [0.29, 0.717) is 36.3 Å². The van der Waals surface area contributed by atoms with E-state index in [9.17, 15) is 23.7 Å². The molecule has 0 spiro atoms. The van der Waals surface area contributed by atoms with Gasteiger partial charge in [0.05, 0.1) is 22.9 Å². The number of nitrogens with zero attached hydrogens (tertiary/aromatic N) is 4. The Kier molecular flexibility index (Phi) is 5.92. The highest BCUT2D eigenvalue weighted by Gasteiger charge is 2.40. The van der Waals surface area contributed by atoms with Gasteiger partial charge in [-0.25, -0.2) is 8.42 Å². The number of benzene rings is 1. The number of fused-ring (bicyclic) bond motifs is 2. The minimum Gasteiger partial charge on any atom is -0.618 e. The van der Waals surface area contributed by atoms with Gasteiger partial charge in [0.1, 0.15) is 9.73 Å². The van der Waals surface area contributed by atoms with Gasteiger partial charge >= 0.3 is 0 Å². The first kappa shape index (κ1) is 23.8.